The van der Waals surface area contributed by atoms with Crippen LogP contribution < -0.4 is 0 Å². The first-order valence-corrected chi connectivity index (χ1v) is 6.77. The van der Waals surface area contributed by atoms with Crippen molar-refractivity contribution >= 4 is 10.8 Å². The van der Waals surface area contributed by atoms with E-state index >= 15 is 0 Å². The van der Waals surface area contributed by atoms with Crippen LogP contribution in [-0.4, -0.2) is 10.1 Å². The van der Waals surface area contributed by atoms with Gasteiger partial charge in [0.15, 0.2) is 0 Å². The van der Waals surface area contributed by atoms with E-state index in [4.69, 9.17) is 0 Å². The van der Waals surface area contributed by atoms with E-state index in [1.54, 1.807) is 0 Å². The highest BCUT2D eigenvalue weighted by Gasteiger charge is 2.38. The Kier molecular flexibility index (Phi) is 2.83. The lowest BCUT2D eigenvalue weighted by Gasteiger charge is -2.39. The second kappa shape index (κ2) is 4.36. The van der Waals surface area contributed by atoms with Gasteiger partial charge in [0.2, 0.25) is 0 Å². The number of aromatic nitrogens is 1. The maximum absolute atomic E-state index is 11.1. The van der Waals surface area contributed by atoms with Crippen molar-refractivity contribution in [2.24, 2.45) is 5.92 Å². The smallest absolute Gasteiger partial charge is 0.0942 e. The normalized spacial score (nSPS) is 28.4. The molecule has 1 saturated carbocycles. The number of nitrogens with zero attached hydrogens (tertiary/aromatic N) is 1. The molecule has 1 aliphatic carbocycles. The minimum absolute atomic E-state index is 0.304. The molecule has 0 spiro atoms. The number of benzene rings is 1. The van der Waals surface area contributed by atoms with Crippen molar-refractivity contribution in [2.75, 3.05) is 0 Å². The van der Waals surface area contributed by atoms with Gasteiger partial charge < -0.3 is 5.11 Å². The Hall–Kier alpha value is -1.41. The number of aliphatic hydroxyl groups is 1. The number of hydrogen-bond donors (Lipinski definition) is 1. The number of rotatable bonds is 1. The van der Waals surface area contributed by atoms with Gasteiger partial charge in [-0.1, -0.05) is 44.0 Å². The van der Waals surface area contributed by atoms with Crippen LogP contribution in [0.25, 0.3) is 10.8 Å². The van der Waals surface area contributed by atoms with E-state index in [0.717, 1.165) is 35.6 Å². The number of pyridine rings is 1. The Bertz CT molecular complexity index is 561. The van der Waals surface area contributed by atoms with Gasteiger partial charge in [-0.2, -0.15) is 0 Å². The zero-order valence-electron chi connectivity index (χ0n) is 10.8. The van der Waals surface area contributed by atoms with Gasteiger partial charge >= 0.3 is 0 Å². The number of hydrogen-bond acceptors (Lipinski definition) is 2. The first-order valence-electron chi connectivity index (χ1n) is 6.77. The molecule has 1 N–H and O–H groups in total. The number of fused-ring (bicyclic) bond motifs is 1. The zero-order valence-corrected chi connectivity index (χ0v) is 10.8. The van der Waals surface area contributed by atoms with Gasteiger partial charge in [0, 0.05) is 23.3 Å². The summed E-state index contributed by atoms with van der Waals surface area (Å²) in [7, 11) is 0. The van der Waals surface area contributed by atoms with Crippen LogP contribution in [0.4, 0.5) is 0 Å². The van der Waals surface area contributed by atoms with Gasteiger partial charge in [-0.3, -0.25) is 4.98 Å². The van der Waals surface area contributed by atoms with E-state index in [9.17, 15) is 5.11 Å². The molecule has 2 aromatic rings. The van der Waals surface area contributed by atoms with Crippen molar-refractivity contribution in [2.45, 2.75) is 38.2 Å². The molecule has 18 heavy (non-hydrogen) atoms. The molecule has 1 heterocycles. The summed E-state index contributed by atoms with van der Waals surface area (Å²) in [5.74, 6) is 0.304. The summed E-state index contributed by atoms with van der Waals surface area (Å²) in [6, 6.07) is 8.19. The van der Waals surface area contributed by atoms with E-state index in [2.05, 4.69) is 24.0 Å². The van der Waals surface area contributed by atoms with Crippen LogP contribution >= 0.6 is 0 Å². The molecule has 0 amide bonds. The summed E-state index contributed by atoms with van der Waals surface area (Å²) in [5, 5.41) is 13.3. The van der Waals surface area contributed by atoms with Crippen molar-refractivity contribution < 1.29 is 5.11 Å². The van der Waals surface area contributed by atoms with Crippen molar-refractivity contribution in [3.8, 4) is 0 Å². The van der Waals surface area contributed by atoms with Crippen molar-refractivity contribution in [3.05, 3.63) is 42.2 Å². The average Bonchev–Trinajstić information content (AvgIpc) is 2.41. The molecule has 0 saturated heterocycles. The van der Waals surface area contributed by atoms with E-state index in [0.29, 0.717) is 5.92 Å². The second-order valence-corrected chi connectivity index (χ2v) is 5.48. The fraction of sp³-hybridized carbons (Fsp3) is 0.438. The second-order valence-electron chi connectivity index (χ2n) is 5.48. The third kappa shape index (κ3) is 1.72. The van der Waals surface area contributed by atoms with Crippen LogP contribution in [0.3, 0.4) is 0 Å². The highest BCUT2D eigenvalue weighted by molar-refractivity contribution is 5.85. The molecule has 2 heteroatoms. The maximum Gasteiger partial charge on any atom is 0.0942 e. The summed E-state index contributed by atoms with van der Waals surface area (Å²) in [5.41, 5.74) is 0.305. The maximum atomic E-state index is 11.1. The van der Waals surface area contributed by atoms with Crippen LogP contribution in [0.5, 0.6) is 0 Å². The quantitative estimate of drug-likeness (QED) is 0.827. The van der Waals surface area contributed by atoms with E-state index in [1.165, 1.54) is 6.42 Å². The summed E-state index contributed by atoms with van der Waals surface area (Å²) in [4.78, 5) is 4.31. The van der Waals surface area contributed by atoms with E-state index in [1.807, 2.05) is 24.5 Å². The monoisotopic (exact) mass is 241 g/mol. The summed E-state index contributed by atoms with van der Waals surface area (Å²) < 4.78 is 0. The van der Waals surface area contributed by atoms with Crippen molar-refractivity contribution in [1.29, 1.82) is 0 Å². The topological polar surface area (TPSA) is 33.1 Å². The lowest BCUT2D eigenvalue weighted by Crippen LogP contribution is -2.36. The van der Waals surface area contributed by atoms with E-state index in [-0.39, 0.29) is 0 Å². The Balaban J connectivity index is 2.19. The zero-order chi connectivity index (χ0) is 12.6. The van der Waals surface area contributed by atoms with Gasteiger partial charge in [0.1, 0.15) is 0 Å². The molecule has 0 aliphatic heterocycles. The van der Waals surface area contributed by atoms with Crippen LogP contribution in [0, 0.1) is 5.92 Å². The fourth-order valence-electron chi connectivity index (χ4n) is 3.19. The predicted octanol–water partition coefficient (Wildman–Crippen LogP) is 3.63. The Morgan fingerprint density at radius 3 is 2.89 bits per heavy atom. The largest absolute Gasteiger partial charge is 0.385 e. The molecule has 2 atom stereocenters. The molecular weight excluding hydrogens is 222 g/mol. The standard InChI is InChI=1S/C16H19NO/c1-12-6-4-5-9-16(12,18)15-11-17-10-13-7-2-3-8-14(13)15/h2-3,7-8,10-12,18H,4-6,9H2,1H3. The average molecular weight is 241 g/mol. The van der Waals surface area contributed by atoms with Crippen LogP contribution in [0.1, 0.15) is 38.2 Å². The summed E-state index contributed by atoms with van der Waals surface area (Å²) >= 11 is 0. The third-order valence-electron chi connectivity index (χ3n) is 4.39. The molecule has 1 aliphatic rings. The van der Waals surface area contributed by atoms with Gasteiger partial charge in [-0.05, 0) is 24.1 Å². The molecular formula is C16H19NO. The summed E-state index contributed by atoms with van der Waals surface area (Å²) in [6.07, 6.45) is 8.00. The Labute approximate surface area is 108 Å². The molecule has 2 nitrogen and oxygen atoms in total. The van der Waals surface area contributed by atoms with Crippen molar-refractivity contribution in [1.82, 2.24) is 4.98 Å². The molecule has 3 rings (SSSR count). The third-order valence-corrected chi connectivity index (χ3v) is 4.39. The highest BCUT2D eigenvalue weighted by atomic mass is 16.3. The molecule has 1 fully saturated rings. The van der Waals surface area contributed by atoms with Gasteiger partial charge in [0.05, 0.1) is 5.60 Å². The van der Waals surface area contributed by atoms with Crippen LogP contribution in [-0.2, 0) is 5.60 Å². The molecule has 0 radical (unpaired) electrons. The highest BCUT2D eigenvalue weighted by Crippen LogP contribution is 2.43. The fourth-order valence-corrected chi connectivity index (χ4v) is 3.19. The Morgan fingerprint density at radius 2 is 2.06 bits per heavy atom. The first-order chi connectivity index (χ1) is 8.72. The SMILES string of the molecule is CC1CCCCC1(O)c1cncc2ccccc12. The van der Waals surface area contributed by atoms with E-state index < -0.39 is 5.60 Å². The van der Waals surface area contributed by atoms with Gasteiger partial charge in [-0.25, -0.2) is 0 Å². The molecule has 1 aromatic heterocycles. The molecule has 94 valence electrons. The van der Waals surface area contributed by atoms with Crippen molar-refractivity contribution in [3.63, 3.8) is 0 Å². The first kappa shape index (κ1) is 11.7. The van der Waals surface area contributed by atoms with Gasteiger partial charge in [0.25, 0.3) is 0 Å². The lowest BCUT2D eigenvalue weighted by molar-refractivity contribution is -0.0459. The Morgan fingerprint density at radius 1 is 1.22 bits per heavy atom. The predicted molar refractivity (Wildman–Crippen MR) is 73.3 cm³/mol. The molecule has 1 aromatic carbocycles. The van der Waals surface area contributed by atoms with Crippen LogP contribution in [0.15, 0.2) is 36.7 Å². The minimum atomic E-state index is -0.702. The molecule has 2 unspecified atom stereocenters. The van der Waals surface area contributed by atoms with Gasteiger partial charge in [-0.15, -0.1) is 0 Å². The molecule has 0 bridgehead atoms. The lowest BCUT2D eigenvalue weighted by atomic mass is 9.72. The minimum Gasteiger partial charge on any atom is -0.385 e. The summed E-state index contributed by atoms with van der Waals surface area (Å²) in [6.45, 7) is 2.15. The van der Waals surface area contributed by atoms with Crippen LogP contribution in [0.2, 0.25) is 0 Å².